The van der Waals surface area contributed by atoms with E-state index >= 15 is 0 Å². The van der Waals surface area contributed by atoms with Crippen LogP contribution in [0, 0.1) is 0 Å². The van der Waals surface area contributed by atoms with Crippen LogP contribution in [-0.4, -0.2) is 28.6 Å². The zero-order valence-corrected chi connectivity index (χ0v) is 14.3. The van der Waals surface area contributed by atoms with Gasteiger partial charge < -0.3 is 0 Å². The maximum absolute atomic E-state index is 12.6. The van der Waals surface area contributed by atoms with Gasteiger partial charge in [0, 0.05) is 10.6 Å². The quantitative estimate of drug-likeness (QED) is 0.752. The molecule has 0 saturated carbocycles. The minimum Gasteiger partial charge on any atom is -0.279 e. The molecule has 1 N–H and O–H groups in total. The summed E-state index contributed by atoms with van der Waals surface area (Å²) in [5.41, 5.74) is 0.913. The highest BCUT2D eigenvalue weighted by atomic mass is 35.5. The van der Waals surface area contributed by atoms with Gasteiger partial charge in [0.15, 0.2) is 0 Å². The first kappa shape index (κ1) is 16.4. The van der Waals surface area contributed by atoms with E-state index in [1.54, 1.807) is 36.4 Å². The van der Waals surface area contributed by atoms with Gasteiger partial charge in [-0.15, -0.1) is 10.2 Å². The van der Waals surface area contributed by atoms with E-state index in [9.17, 15) is 8.42 Å². The number of hydrogen-bond donors (Lipinski definition) is 1. The number of aromatic nitrogens is 4. The van der Waals surface area contributed by atoms with E-state index < -0.39 is 10.0 Å². The molecule has 0 unspecified atom stereocenters. The Bertz CT molecular complexity index is 971. The monoisotopic (exact) mass is 363 g/mol. The lowest BCUT2D eigenvalue weighted by Gasteiger charge is -2.11. The summed E-state index contributed by atoms with van der Waals surface area (Å²) in [5.74, 6) is 0.348. The third-order valence-corrected chi connectivity index (χ3v) is 4.85. The van der Waals surface area contributed by atoms with Gasteiger partial charge in [0.05, 0.1) is 17.1 Å². The second-order valence-corrected chi connectivity index (χ2v) is 7.03. The van der Waals surface area contributed by atoms with Crippen LogP contribution in [0.15, 0.2) is 53.4 Å². The first-order chi connectivity index (χ1) is 11.5. The molecule has 0 aliphatic heterocycles. The van der Waals surface area contributed by atoms with Crippen LogP contribution in [0.4, 0.5) is 5.69 Å². The van der Waals surface area contributed by atoms with Gasteiger partial charge in [-0.05, 0) is 42.5 Å². The second-order valence-electron chi connectivity index (χ2n) is 4.91. The molecule has 0 atom stereocenters. The molecule has 3 aromatic rings. The summed E-state index contributed by atoms with van der Waals surface area (Å²) in [7, 11) is -3.78. The number of anilines is 1. The first-order valence-corrected chi connectivity index (χ1v) is 9.01. The normalized spacial score (nSPS) is 11.4. The van der Waals surface area contributed by atoms with Crippen LogP contribution in [0.3, 0.4) is 0 Å². The highest BCUT2D eigenvalue weighted by Gasteiger charge is 2.18. The summed E-state index contributed by atoms with van der Waals surface area (Å²) in [6.07, 6.45) is 0. The fourth-order valence-corrected chi connectivity index (χ4v) is 3.47. The summed E-state index contributed by atoms with van der Waals surface area (Å²) in [6, 6.07) is 12.9. The second kappa shape index (κ2) is 6.58. The van der Waals surface area contributed by atoms with Gasteiger partial charge in [-0.25, -0.2) is 8.42 Å². The van der Waals surface area contributed by atoms with E-state index in [-0.39, 0.29) is 4.90 Å². The molecule has 0 radical (unpaired) electrons. The smallest absolute Gasteiger partial charge is 0.261 e. The fourth-order valence-electron chi connectivity index (χ4n) is 2.09. The third-order valence-electron chi connectivity index (χ3n) is 3.25. The molecule has 7 nitrogen and oxygen atoms in total. The predicted molar refractivity (Wildman–Crippen MR) is 91.2 cm³/mol. The van der Waals surface area contributed by atoms with Gasteiger partial charge in [-0.2, -0.15) is 4.80 Å². The van der Waals surface area contributed by atoms with Gasteiger partial charge >= 0.3 is 0 Å². The number of sulfonamides is 1. The zero-order valence-electron chi connectivity index (χ0n) is 12.7. The van der Waals surface area contributed by atoms with Crippen molar-refractivity contribution in [3.05, 3.63) is 53.6 Å². The van der Waals surface area contributed by atoms with Crippen molar-refractivity contribution in [2.24, 2.45) is 0 Å². The zero-order chi connectivity index (χ0) is 17.2. The highest BCUT2D eigenvalue weighted by Crippen LogP contribution is 2.27. The Balaban J connectivity index is 1.99. The van der Waals surface area contributed by atoms with E-state index in [0.717, 1.165) is 0 Å². The van der Waals surface area contributed by atoms with E-state index in [0.29, 0.717) is 28.6 Å². The molecule has 0 aliphatic rings. The van der Waals surface area contributed by atoms with Crippen LogP contribution in [0.2, 0.25) is 5.02 Å². The molecule has 0 spiro atoms. The number of rotatable bonds is 5. The Labute approximate surface area is 144 Å². The Kier molecular flexibility index (Phi) is 4.50. The summed E-state index contributed by atoms with van der Waals surface area (Å²) in [5, 5.41) is 12.4. The van der Waals surface area contributed by atoms with Crippen LogP contribution in [0.1, 0.15) is 6.92 Å². The van der Waals surface area contributed by atoms with Crippen LogP contribution in [-0.2, 0) is 16.6 Å². The molecule has 0 bridgehead atoms. The van der Waals surface area contributed by atoms with E-state index in [1.165, 1.54) is 16.9 Å². The summed E-state index contributed by atoms with van der Waals surface area (Å²) >= 11 is 5.88. The van der Waals surface area contributed by atoms with E-state index in [1.807, 2.05) is 6.92 Å². The molecule has 0 fully saturated rings. The Morgan fingerprint density at radius 3 is 2.67 bits per heavy atom. The van der Waals surface area contributed by atoms with Crippen molar-refractivity contribution < 1.29 is 8.42 Å². The lowest BCUT2D eigenvalue weighted by Crippen LogP contribution is -2.13. The minimum atomic E-state index is -3.78. The number of hydrogen-bond acceptors (Lipinski definition) is 5. The fraction of sp³-hybridized carbons (Fsp3) is 0.133. The van der Waals surface area contributed by atoms with Gasteiger partial charge in [-0.3, -0.25) is 4.72 Å². The van der Waals surface area contributed by atoms with Gasteiger partial charge in [-0.1, -0.05) is 29.8 Å². The average molecular weight is 364 g/mol. The Morgan fingerprint density at radius 2 is 1.96 bits per heavy atom. The largest absolute Gasteiger partial charge is 0.279 e. The van der Waals surface area contributed by atoms with Crippen molar-refractivity contribution in [2.75, 3.05) is 4.72 Å². The average Bonchev–Trinajstić information content (AvgIpc) is 3.04. The number of para-hydroxylation sites is 1. The molecule has 0 amide bonds. The molecular formula is C15H14ClN5O2S. The van der Waals surface area contributed by atoms with Crippen molar-refractivity contribution in [1.82, 2.24) is 20.2 Å². The van der Waals surface area contributed by atoms with Crippen LogP contribution in [0.5, 0.6) is 0 Å². The number of benzene rings is 2. The highest BCUT2D eigenvalue weighted by molar-refractivity contribution is 7.92. The Hall–Kier alpha value is -2.45. The van der Waals surface area contributed by atoms with Crippen LogP contribution in [0.25, 0.3) is 11.4 Å². The van der Waals surface area contributed by atoms with Crippen molar-refractivity contribution in [1.29, 1.82) is 0 Å². The predicted octanol–water partition coefficient (Wildman–Crippen LogP) is 2.81. The minimum absolute atomic E-state index is 0.0787. The first-order valence-electron chi connectivity index (χ1n) is 7.15. The summed E-state index contributed by atoms with van der Waals surface area (Å²) in [6.45, 7) is 2.46. The lowest BCUT2D eigenvalue weighted by atomic mass is 10.2. The van der Waals surface area contributed by atoms with Gasteiger partial charge in [0.2, 0.25) is 5.82 Å². The number of nitrogens with one attached hydrogen (secondary N) is 1. The molecule has 1 heterocycles. The number of nitrogens with zero attached hydrogens (tertiary/aromatic N) is 4. The van der Waals surface area contributed by atoms with Gasteiger partial charge in [0.1, 0.15) is 0 Å². The topological polar surface area (TPSA) is 89.8 Å². The SMILES string of the molecule is CCn1nnc(-c2ccccc2NS(=O)(=O)c2cccc(Cl)c2)n1. The summed E-state index contributed by atoms with van der Waals surface area (Å²) < 4.78 is 27.7. The van der Waals surface area contributed by atoms with E-state index in [2.05, 4.69) is 20.1 Å². The van der Waals surface area contributed by atoms with Crippen LogP contribution < -0.4 is 4.72 Å². The Morgan fingerprint density at radius 1 is 1.17 bits per heavy atom. The molecular weight excluding hydrogens is 350 g/mol. The molecule has 124 valence electrons. The molecule has 3 rings (SSSR count). The van der Waals surface area contributed by atoms with E-state index in [4.69, 9.17) is 11.6 Å². The van der Waals surface area contributed by atoms with Crippen molar-refractivity contribution in [2.45, 2.75) is 18.4 Å². The molecule has 24 heavy (non-hydrogen) atoms. The number of halogens is 1. The van der Waals surface area contributed by atoms with Crippen LogP contribution >= 0.6 is 11.6 Å². The van der Waals surface area contributed by atoms with Crippen molar-refractivity contribution in [3.63, 3.8) is 0 Å². The molecule has 1 aromatic heterocycles. The maximum atomic E-state index is 12.6. The van der Waals surface area contributed by atoms with Crippen molar-refractivity contribution in [3.8, 4) is 11.4 Å². The summed E-state index contributed by atoms with van der Waals surface area (Å²) in [4.78, 5) is 1.51. The van der Waals surface area contributed by atoms with Crippen molar-refractivity contribution >= 4 is 27.3 Å². The third kappa shape index (κ3) is 3.39. The molecule has 0 saturated heterocycles. The molecule has 2 aromatic carbocycles. The number of tetrazole rings is 1. The maximum Gasteiger partial charge on any atom is 0.261 e. The van der Waals surface area contributed by atoms with Gasteiger partial charge in [0.25, 0.3) is 10.0 Å². The molecule has 9 heteroatoms. The standard InChI is InChI=1S/C15H14ClN5O2S/c1-2-21-18-15(17-20-21)13-8-3-4-9-14(13)19-24(22,23)12-7-5-6-11(16)10-12/h3-10,19H,2H2,1H3. The molecule has 0 aliphatic carbocycles. The number of aryl methyl sites for hydroxylation is 1. The lowest BCUT2D eigenvalue weighted by molar-refractivity contribution is 0.553.